The zero-order chi connectivity index (χ0) is 20.1. The summed E-state index contributed by atoms with van der Waals surface area (Å²) in [7, 11) is 1.98. The number of halogens is 1. The highest BCUT2D eigenvalue weighted by atomic mass is 35.5. The molecule has 0 aliphatic heterocycles. The minimum atomic E-state index is -0.271. The summed E-state index contributed by atoms with van der Waals surface area (Å²) in [6, 6.07) is 11.0. The Bertz CT molecular complexity index is 814. The molecule has 150 valence electrons. The summed E-state index contributed by atoms with van der Waals surface area (Å²) in [5, 5.41) is 3.46. The number of benzene rings is 1. The lowest BCUT2D eigenvalue weighted by Gasteiger charge is -2.28. The molecule has 1 saturated carbocycles. The molecule has 7 heteroatoms. The molecule has 28 heavy (non-hydrogen) atoms. The van der Waals surface area contributed by atoms with E-state index in [9.17, 15) is 9.59 Å². The predicted octanol–water partition coefficient (Wildman–Crippen LogP) is 4.11. The third kappa shape index (κ3) is 5.29. The predicted molar refractivity (Wildman–Crippen MR) is 111 cm³/mol. The zero-order valence-electron chi connectivity index (χ0n) is 16.4. The first-order valence-corrected chi connectivity index (χ1v) is 10.1. The van der Waals surface area contributed by atoms with Crippen molar-refractivity contribution in [3.05, 3.63) is 53.3 Å². The molecule has 1 aromatic carbocycles. The monoisotopic (exact) mass is 402 g/mol. The lowest BCUT2D eigenvalue weighted by Crippen LogP contribution is -2.45. The second kappa shape index (κ2) is 9.15. The summed E-state index contributed by atoms with van der Waals surface area (Å²) in [5.41, 5.74) is 1.75. The van der Waals surface area contributed by atoms with E-state index in [1.165, 1.54) is 0 Å². The average molecular weight is 403 g/mol. The number of nitrogens with zero attached hydrogens (tertiary/aromatic N) is 3. The van der Waals surface area contributed by atoms with Crippen molar-refractivity contribution in [1.82, 2.24) is 14.4 Å². The van der Waals surface area contributed by atoms with E-state index >= 15 is 0 Å². The van der Waals surface area contributed by atoms with Gasteiger partial charge in [-0.2, -0.15) is 0 Å². The summed E-state index contributed by atoms with van der Waals surface area (Å²) in [5.74, 6) is -0.0107. The molecule has 2 aromatic rings. The quantitative estimate of drug-likeness (QED) is 0.722. The molecule has 1 fully saturated rings. The van der Waals surface area contributed by atoms with Crippen LogP contribution in [0.4, 0.5) is 10.5 Å². The summed E-state index contributed by atoms with van der Waals surface area (Å²) in [6.45, 7) is 3.17. The van der Waals surface area contributed by atoms with Crippen LogP contribution in [0.3, 0.4) is 0 Å². The summed E-state index contributed by atoms with van der Waals surface area (Å²) >= 11 is 5.89. The first-order valence-electron chi connectivity index (χ1n) is 9.69. The van der Waals surface area contributed by atoms with E-state index in [0.29, 0.717) is 23.8 Å². The molecule has 0 atom stereocenters. The number of carbonyl (C=O) groups excluding carboxylic acids is 2. The van der Waals surface area contributed by atoms with Gasteiger partial charge in [0.2, 0.25) is 5.91 Å². The Balaban J connectivity index is 1.65. The van der Waals surface area contributed by atoms with Gasteiger partial charge >= 0.3 is 6.03 Å². The number of hydrogen-bond donors (Lipinski definition) is 1. The Labute approximate surface area is 171 Å². The van der Waals surface area contributed by atoms with Gasteiger partial charge in [-0.25, -0.2) is 4.79 Å². The van der Waals surface area contributed by atoms with Crippen LogP contribution in [0.2, 0.25) is 5.02 Å². The van der Waals surface area contributed by atoms with Crippen molar-refractivity contribution in [2.75, 3.05) is 18.4 Å². The summed E-state index contributed by atoms with van der Waals surface area (Å²) < 4.78 is 2.03. The number of urea groups is 1. The van der Waals surface area contributed by atoms with Gasteiger partial charge in [-0.15, -0.1) is 0 Å². The molecule has 1 heterocycles. The highest BCUT2D eigenvalue weighted by molar-refractivity contribution is 6.30. The maximum Gasteiger partial charge on any atom is 0.322 e. The lowest BCUT2D eigenvalue weighted by molar-refractivity contribution is -0.133. The van der Waals surface area contributed by atoms with Gasteiger partial charge in [-0.3, -0.25) is 4.79 Å². The zero-order valence-corrected chi connectivity index (χ0v) is 17.2. The van der Waals surface area contributed by atoms with Crippen molar-refractivity contribution in [3.8, 4) is 0 Å². The van der Waals surface area contributed by atoms with E-state index in [-0.39, 0.29) is 24.5 Å². The van der Waals surface area contributed by atoms with Crippen molar-refractivity contribution in [2.45, 2.75) is 38.8 Å². The Morgan fingerprint density at radius 3 is 2.50 bits per heavy atom. The number of carbonyl (C=O) groups is 2. The van der Waals surface area contributed by atoms with Gasteiger partial charge in [0.05, 0.1) is 6.54 Å². The maximum absolute atomic E-state index is 13.0. The van der Waals surface area contributed by atoms with E-state index in [0.717, 1.165) is 25.0 Å². The SMILES string of the molecule is CCCN(CC(=O)N(Cc1cccn1C)C1CC1)C(=O)Nc1ccc(Cl)cc1. The number of rotatable bonds is 8. The number of aromatic nitrogens is 1. The third-order valence-corrected chi connectivity index (χ3v) is 5.15. The van der Waals surface area contributed by atoms with Crippen molar-refractivity contribution >= 4 is 29.2 Å². The highest BCUT2D eigenvalue weighted by Crippen LogP contribution is 2.28. The van der Waals surface area contributed by atoms with E-state index in [1.807, 2.05) is 41.8 Å². The van der Waals surface area contributed by atoms with Crippen LogP contribution in [0.25, 0.3) is 0 Å². The topological polar surface area (TPSA) is 57.6 Å². The largest absolute Gasteiger partial charge is 0.353 e. The van der Waals surface area contributed by atoms with Crippen LogP contribution in [-0.4, -0.2) is 45.4 Å². The van der Waals surface area contributed by atoms with Crippen molar-refractivity contribution < 1.29 is 9.59 Å². The highest BCUT2D eigenvalue weighted by Gasteiger charge is 2.34. The van der Waals surface area contributed by atoms with Crippen LogP contribution < -0.4 is 5.32 Å². The minimum absolute atomic E-state index is 0.0107. The van der Waals surface area contributed by atoms with Gasteiger partial charge in [0.1, 0.15) is 6.54 Å². The van der Waals surface area contributed by atoms with Crippen LogP contribution in [0.1, 0.15) is 31.9 Å². The fourth-order valence-corrected chi connectivity index (χ4v) is 3.28. The Morgan fingerprint density at radius 1 is 1.21 bits per heavy atom. The van der Waals surface area contributed by atoms with Crippen LogP contribution in [-0.2, 0) is 18.4 Å². The number of hydrogen-bond acceptors (Lipinski definition) is 2. The Hall–Kier alpha value is -2.47. The van der Waals surface area contributed by atoms with Gasteiger partial charge < -0.3 is 19.7 Å². The van der Waals surface area contributed by atoms with Gasteiger partial charge in [0, 0.05) is 42.2 Å². The van der Waals surface area contributed by atoms with E-state index in [1.54, 1.807) is 29.2 Å². The molecule has 1 aromatic heterocycles. The van der Waals surface area contributed by atoms with Crippen molar-refractivity contribution in [2.24, 2.45) is 7.05 Å². The molecular formula is C21H27ClN4O2. The fraction of sp³-hybridized carbons (Fsp3) is 0.429. The van der Waals surface area contributed by atoms with Gasteiger partial charge in [-0.1, -0.05) is 18.5 Å². The van der Waals surface area contributed by atoms with Gasteiger partial charge in [0.25, 0.3) is 0 Å². The number of aryl methyl sites for hydroxylation is 1. The normalized spacial score (nSPS) is 13.2. The molecule has 1 aliphatic carbocycles. The van der Waals surface area contributed by atoms with Crippen molar-refractivity contribution in [1.29, 1.82) is 0 Å². The van der Waals surface area contributed by atoms with Crippen LogP contribution >= 0.6 is 11.6 Å². The fourth-order valence-electron chi connectivity index (χ4n) is 3.15. The molecule has 0 saturated heterocycles. The molecule has 0 unspecified atom stereocenters. The van der Waals surface area contributed by atoms with Crippen LogP contribution in [0.15, 0.2) is 42.6 Å². The number of amides is 3. The molecule has 0 radical (unpaired) electrons. The van der Waals surface area contributed by atoms with Crippen LogP contribution in [0.5, 0.6) is 0 Å². The van der Waals surface area contributed by atoms with E-state index in [2.05, 4.69) is 5.32 Å². The van der Waals surface area contributed by atoms with E-state index in [4.69, 9.17) is 11.6 Å². The molecule has 1 N–H and O–H groups in total. The average Bonchev–Trinajstić information content (AvgIpc) is 3.43. The molecule has 3 rings (SSSR count). The third-order valence-electron chi connectivity index (χ3n) is 4.89. The molecule has 0 bridgehead atoms. The van der Waals surface area contributed by atoms with Gasteiger partial charge in [0.15, 0.2) is 0 Å². The Morgan fingerprint density at radius 2 is 1.93 bits per heavy atom. The molecule has 0 spiro atoms. The number of anilines is 1. The molecule has 3 amide bonds. The number of nitrogens with one attached hydrogen (secondary N) is 1. The Kier molecular flexibility index (Phi) is 6.62. The lowest BCUT2D eigenvalue weighted by atomic mass is 10.3. The first-order chi connectivity index (χ1) is 13.5. The summed E-state index contributed by atoms with van der Waals surface area (Å²) in [4.78, 5) is 29.2. The standard InChI is InChI=1S/C21H27ClN4O2/c1-3-12-25(21(28)23-17-8-6-16(22)7-9-17)15-20(27)26(18-10-11-18)14-19-5-4-13-24(19)2/h4-9,13,18H,3,10-12,14-15H2,1-2H3,(H,23,28). The second-order valence-electron chi connectivity index (χ2n) is 7.22. The second-order valence-corrected chi connectivity index (χ2v) is 7.66. The molecule has 1 aliphatic rings. The van der Waals surface area contributed by atoms with Crippen LogP contribution in [0, 0.1) is 0 Å². The van der Waals surface area contributed by atoms with Crippen molar-refractivity contribution in [3.63, 3.8) is 0 Å². The minimum Gasteiger partial charge on any atom is -0.353 e. The first kappa shape index (κ1) is 20.3. The summed E-state index contributed by atoms with van der Waals surface area (Å²) in [6.07, 6.45) is 4.82. The molecular weight excluding hydrogens is 376 g/mol. The molecule has 6 nitrogen and oxygen atoms in total. The maximum atomic E-state index is 13.0. The smallest absolute Gasteiger partial charge is 0.322 e. The van der Waals surface area contributed by atoms with E-state index < -0.39 is 0 Å². The van der Waals surface area contributed by atoms with Gasteiger partial charge in [-0.05, 0) is 55.7 Å².